The van der Waals surface area contributed by atoms with Gasteiger partial charge in [-0.2, -0.15) is 0 Å². The molecule has 1 amide bonds. The summed E-state index contributed by atoms with van der Waals surface area (Å²) in [6, 6.07) is -0.0794. The van der Waals surface area contributed by atoms with Crippen LogP contribution in [-0.4, -0.2) is 28.1 Å². The molecule has 1 aromatic rings. The molecular weight excluding hydrogens is 224 g/mol. The maximum Gasteiger partial charge on any atom is 0.290 e. The maximum atomic E-state index is 11.5. The summed E-state index contributed by atoms with van der Waals surface area (Å²) in [6.07, 6.45) is 3.14. The van der Waals surface area contributed by atoms with Gasteiger partial charge in [0.15, 0.2) is 0 Å². The number of aryl methyl sites for hydroxylation is 1. The summed E-state index contributed by atoms with van der Waals surface area (Å²) in [5.74, 6) is -0.639. The molecule has 4 nitrogen and oxygen atoms in total. The molecule has 1 saturated heterocycles. The van der Waals surface area contributed by atoms with E-state index < -0.39 is 0 Å². The number of amides is 1. The summed E-state index contributed by atoms with van der Waals surface area (Å²) in [5, 5.41) is 0.917. The molecule has 0 aliphatic carbocycles. The van der Waals surface area contributed by atoms with Crippen LogP contribution in [0.4, 0.5) is 0 Å². The zero-order chi connectivity index (χ0) is 11.7. The van der Waals surface area contributed by atoms with E-state index in [-0.39, 0.29) is 17.7 Å². The Hall–Kier alpha value is -1.23. The van der Waals surface area contributed by atoms with Crippen molar-refractivity contribution < 1.29 is 9.59 Å². The highest BCUT2D eigenvalue weighted by molar-refractivity contribution is 7.11. The Labute approximate surface area is 98.3 Å². The van der Waals surface area contributed by atoms with Crippen LogP contribution in [0.25, 0.3) is 0 Å². The Morgan fingerprint density at radius 1 is 1.56 bits per heavy atom. The first-order valence-corrected chi connectivity index (χ1v) is 6.23. The van der Waals surface area contributed by atoms with Crippen molar-refractivity contribution >= 4 is 23.0 Å². The standard InChI is InChI=1S/C11H14N2O2S/c1-3-8-6-12-10(16-8)7(2)13-5-4-9(14)11(13)15/h6-7H,3-5H2,1-2H3. The summed E-state index contributed by atoms with van der Waals surface area (Å²) >= 11 is 1.61. The minimum atomic E-state index is -0.360. The first-order chi connectivity index (χ1) is 7.63. The van der Waals surface area contributed by atoms with Gasteiger partial charge in [-0.25, -0.2) is 4.98 Å². The molecule has 0 aromatic carbocycles. The lowest BCUT2D eigenvalue weighted by molar-refractivity contribution is -0.141. The molecule has 1 fully saturated rings. The van der Waals surface area contributed by atoms with Crippen LogP contribution < -0.4 is 0 Å². The summed E-state index contributed by atoms with van der Waals surface area (Å²) in [4.78, 5) is 29.8. The highest BCUT2D eigenvalue weighted by Crippen LogP contribution is 2.27. The molecule has 86 valence electrons. The van der Waals surface area contributed by atoms with E-state index in [9.17, 15) is 9.59 Å². The third-order valence-corrected chi connectivity index (χ3v) is 4.14. The molecule has 16 heavy (non-hydrogen) atoms. The molecule has 0 bridgehead atoms. The second-order valence-corrected chi connectivity index (χ2v) is 5.01. The van der Waals surface area contributed by atoms with E-state index in [4.69, 9.17) is 0 Å². The van der Waals surface area contributed by atoms with Crippen molar-refractivity contribution in [3.63, 3.8) is 0 Å². The van der Waals surface area contributed by atoms with Crippen LogP contribution in [0.3, 0.4) is 0 Å². The molecular formula is C11H14N2O2S. The normalized spacial score (nSPS) is 18.2. The van der Waals surface area contributed by atoms with Gasteiger partial charge < -0.3 is 4.90 Å². The lowest BCUT2D eigenvalue weighted by atomic mass is 10.3. The van der Waals surface area contributed by atoms with Crippen molar-refractivity contribution in [1.82, 2.24) is 9.88 Å². The molecule has 2 rings (SSSR count). The van der Waals surface area contributed by atoms with Gasteiger partial charge in [-0.15, -0.1) is 11.3 Å². The van der Waals surface area contributed by atoms with Crippen LogP contribution >= 0.6 is 11.3 Å². The van der Waals surface area contributed by atoms with Gasteiger partial charge in [-0.1, -0.05) is 6.92 Å². The number of rotatable bonds is 3. The van der Waals surface area contributed by atoms with E-state index in [0.29, 0.717) is 13.0 Å². The van der Waals surface area contributed by atoms with Crippen LogP contribution in [0.1, 0.15) is 36.2 Å². The summed E-state index contributed by atoms with van der Waals surface area (Å²) in [7, 11) is 0. The number of hydrogen-bond donors (Lipinski definition) is 0. The van der Waals surface area contributed by atoms with Crippen LogP contribution in [0, 0.1) is 0 Å². The summed E-state index contributed by atoms with van der Waals surface area (Å²) in [5.41, 5.74) is 0. The van der Waals surface area contributed by atoms with Gasteiger partial charge in [0.25, 0.3) is 5.91 Å². The van der Waals surface area contributed by atoms with Crippen LogP contribution in [0.2, 0.25) is 0 Å². The molecule has 1 aromatic heterocycles. The first-order valence-electron chi connectivity index (χ1n) is 5.42. The predicted molar refractivity (Wildman–Crippen MR) is 61.2 cm³/mol. The minimum Gasteiger partial charge on any atom is -0.326 e. The van der Waals surface area contributed by atoms with Crippen LogP contribution in [-0.2, 0) is 16.0 Å². The third-order valence-electron chi connectivity index (χ3n) is 2.82. The fourth-order valence-corrected chi connectivity index (χ4v) is 2.69. The van der Waals surface area contributed by atoms with Gasteiger partial charge in [0.05, 0.1) is 6.04 Å². The van der Waals surface area contributed by atoms with E-state index in [1.807, 2.05) is 13.1 Å². The zero-order valence-corrected chi connectivity index (χ0v) is 10.2. The van der Waals surface area contributed by atoms with Crippen molar-refractivity contribution in [2.75, 3.05) is 6.54 Å². The lowest BCUT2D eigenvalue weighted by Gasteiger charge is -2.21. The number of hydrogen-bond acceptors (Lipinski definition) is 4. The number of nitrogens with zero attached hydrogens (tertiary/aromatic N) is 2. The molecule has 0 N–H and O–H groups in total. The highest BCUT2D eigenvalue weighted by atomic mass is 32.1. The van der Waals surface area contributed by atoms with Gasteiger partial charge >= 0.3 is 0 Å². The van der Waals surface area contributed by atoms with E-state index in [1.54, 1.807) is 16.2 Å². The van der Waals surface area contributed by atoms with Gasteiger partial charge in [-0.3, -0.25) is 9.59 Å². The zero-order valence-electron chi connectivity index (χ0n) is 9.40. The second kappa shape index (κ2) is 4.33. The monoisotopic (exact) mass is 238 g/mol. The van der Waals surface area contributed by atoms with Crippen molar-refractivity contribution in [2.24, 2.45) is 0 Å². The third kappa shape index (κ3) is 1.87. The van der Waals surface area contributed by atoms with Crippen LogP contribution in [0.15, 0.2) is 6.20 Å². The van der Waals surface area contributed by atoms with Crippen LogP contribution in [0.5, 0.6) is 0 Å². The predicted octanol–water partition coefficient (Wildman–Crippen LogP) is 1.57. The molecule has 1 unspecified atom stereocenters. The maximum absolute atomic E-state index is 11.5. The summed E-state index contributed by atoms with van der Waals surface area (Å²) < 4.78 is 0. The molecule has 1 aliphatic rings. The van der Waals surface area contributed by atoms with E-state index in [1.165, 1.54) is 4.88 Å². The lowest BCUT2D eigenvalue weighted by Crippen LogP contribution is -2.30. The fourth-order valence-electron chi connectivity index (χ4n) is 1.77. The van der Waals surface area contributed by atoms with Gasteiger partial charge in [0.1, 0.15) is 5.01 Å². The van der Waals surface area contributed by atoms with Gasteiger partial charge in [0, 0.05) is 24.0 Å². The molecule has 0 spiro atoms. The fraction of sp³-hybridized carbons (Fsp3) is 0.545. The number of likely N-dealkylation sites (tertiary alicyclic amines) is 1. The number of thiazole rings is 1. The van der Waals surface area contributed by atoms with Crippen molar-refractivity contribution in [3.05, 3.63) is 16.1 Å². The quantitative estimate of drug-likeness (QED) is 0.751. The average Bonchev–Trinajstić information content (AvgIpc) is 2.87. The van der Waals surface area contributed by atoms with E-state index >= 15 is 0 Å². The SMILES string of the molecule is CCc1cnc(C(C)N2CCC(=O)C2=O)s1. The Morgan fingerprint density at radius 2 is 2.31 bits per heavy atom. The molecule has 1 atom stereocenters. The highest BCUT2D eigenvalue weighted by Gasteiger charge is 2.34. The van der Waals surface area contributed by atoms with Gasteiger partial charge in [0.2, 0.25) is 5.78 Å². The first kappa shape index (κ1) is 11.3. The van der Waals surface area contributed by atoms with Crippen molar-refractivity contribution in [1.29, 1.82) is 0 Å². The summed E-state index contributed by atoms with van der Waals surface area (Å²) in [6.45, 7) is 4.53. The molecule has 0 radical (unpaired) electrons. The van der Waals surface area contributed by atoms with Gasteiger partial charge in [-0.05, 0) is 13.3 Å². The Bertz CT molecular complexity index is 427. The topological polar surface area (TPSA) is 50.3 Å². The van der Waals surface area contributed by atoms with E-state index in [2.05, 4.69) is 11.9 Å². The Balaban J connectivity index is 2.16. The number of ketones is 1. The Morgan fingerprint density at radius 3 is 2.81 bits per heavy atom. The minimum absolute atomic E-state index is 0.0794. The van der Waals surface area contributed by atoms with Crippen molar-refractivity contribution in [2.45, 2.75) is 32.7 Å². The largest absolute Gasteiger partial charge is 0.326 e. The Kier molecular flexibility index (Phi) is 3.05. The van der Waals surface area contributed by atoms with Crippen molar-refractivity contribution in [3.8, 4) is 0 Å². The number of Topliss-reactive ketones (excluding diaryl/α,β-unsaturated/α-hetero) is 1. The molecule has 2 heterocycles. The average molecular weight is 238 g/mol. The molecule has 0 saturated carbocycles. The number of aromatic nitrogens is 1. The molecule has 5 heteroatoms. The smallest absolute Gasteiger partial charge is 0.290 e. The molecule has 1 aliphatic heterocycles. The number of carbonyl (C=O) groups excluding carboxylic acids is 2. The van der Waals surface area contributed by atoms with E-state index in [0.717, 1.165) is 11.4 Å². The number of carbonyl (C=O) groups is 2. The second-order valence-electron chi connectivity index (χ2n) is 3.87.